The van der Waals surface area contributed by atoms with E-state index in [9.17, 15) is 8.42 Å². The molecule has 0 aliphatic heterocycles. The SMILES string of the molecule is Cc1ccc(S(=O)(=O)c2ccc3c(c2)nc(C2CCCCCC2)n3C)cc1. The van der Waals surface area contributed by atoms with E-state index in [1.807, 2.05) is 32.2 Å². The molecule has 3 aromatic rings. The van der Waals surface area contributed by atoms with Crippen LogP contribution in [0.1, 0.15) is 55.8 Å². The molecule has 4 rings (SSSR count). The molecule has 1 heterocycles. The van der Waals surface area contributed by atoms with Gasteiger partial charge in [-0.25, -0.2) is 13.4 Å². The molecule has 0 amide bonds. The van der Waals surface area contributed by atoms with E-state index in [0.717, 1.165) is 22.4 Å². The Morgan fingerprint density at radius 3 is 2.22 bits per heavy atom. The molecule has 0 unspecified atom stereocenters. The van der Waals surface area contributed by atoms with Gasteiger partial charge in [0.1, 0.15) is 5.82 Å². The lowest BCUT2D eigenvalue weighted by molar-refractivity contribution is 0.546. The number of hydrogen-bond donors (Lipinski definition) is 0. The van der Waals surface area contributed by atoms with Crippen LogP contribution in [0.5, 0.6) is 0 Å². The standard InChI is InChI=1S/C22H26N2O2S/c1-16-9-11-18(12-10-16)27(25,26)19-13-14-21-20(15-19)23-22(24(21)2)17-7-5-3-4-6-8-17/h9-15,17H,3-8H2,1-2H3. The zero-order valence-corrected chi connectivity index (χ0v) is 16.8. The molecule has 1 aromatic heterocycles. The van der Waals surface area contributed by atoms with E-state index in [2.05, 4.69) is 4.57 Å². The number of aryl methyl sites for hydroxylation is 2. The number of hydrogen-bond acceptors (Lipinski definition) is 3. The summed E-state index contributed by atoms with van der Waals surface area (Å²) < 4.78 is 28.1. The minimum absolute atomic E-state index is 0.310. The van der Waals surface area contributed by atoms with Gasteiger partial charge in [-0.3, -0.25) is 0 Å². The van der Waals surface area contributed by atoms with E-state index in [1.165, 1.54) is 38.5 Å². The van der Waals surface area contributed by atoms with Crippen molar-refractivity contribution in [2.45, 2.75) is 61.2 Å². The predicted octanol–water partition coefficient (Wildman–Crippen LogP) is 5.15. The molecule has 2 aromatic carbocycles. The van der Waals surface area contributed by atoms with Gasteiger partial charge in [0, 0.05) is 13.0 Å². The highest BCUT2D eigenvalue weighted by Crippen LogP contribution is 2.33. The van der Waals surface area contributed by atoms with E-state index >= 15 is 0 Å². The van der Waals surface area contributed by atoms with E-state index in [1.54, 1.807) is 24.3 Å². The van der Waals surface area contributed by atoms with Crippen molar-refractivity contribution in [1.82, 2.24) is 9.55 Å². The first kappa shape index (κ1) is 18.2. The number of sulfone groups is 1. The molecule has 4 nitrogen and oxygen atoms in total. The third-order valence-electron chi connectivity index (χ3n) is 5.75. The van der Waals surface area contributed by atoms with Crippen molar-refractivity contribution in [3.05, 3.63) is 53.9 Å². The molecule has 0 atom stereocenters. The van der Waals surface area contributed by atoms with Crippen molar-refractivity contribution in [2.75, 3.05) is 0 Å². The number of nitrogens with zero attached hydrogens (tertiary/aromatic N) is 2. The van der Waals surface area contributed by atoms with Gasteiger partial charge in [-0.15, -0.1) is 0 Å². The van der Waals surface area contributed by atoms with Crippen molar-refractivity contribution >= 4 is 20.9 Å². The average Bonchev–Trinajstić information content (AvgIpc) is 2.84. The van der Waals surface area contributed by atoms with Gasteiger partial charge in [-0.05, 0) is 50.1 Å². The predicted molar refractivity (Wildman–Crippen MR) is 108 cm³/mol. The third-order valence-corrected chi connectivity index (χ3v) is 7.52. The minimum atomic E-state index is -3.53. The van der Waals surface area contributed by atoms with Gasteiger partial charge in [0.2, 0.25) is 9.84 Å². The first-order valence-electron chi connectivity index (χ1n) is 9.75. The summed E-state index contributed by atoms with van der Waals surface area (Å²) in [5.74, 6) is 1.57. The summed E-state index contributed by atoms with van der Waals surface area (Å²) in [5, 5.41) is 0. The Morgan fingerprint density at radius 1 is 0.926 bits per heavy atom. The Hall–Kier alpha value is -2.14. The molecule has 1 fully saturated rings. The third kappa shape index (κ3) is 3.41. The molecular weight excluding hydrogens is 356 g/mol. The van der Waals surface area contributed by atoms with Crippen molar-refractivity contribution in [2.24, 2.45) is 7.05 Å². The van der Waals surface area contributed by atoms with Crippen LogP contribution in [0.3, 0.4) is 0 Å². The molecule has 0 bridgehead atoms. The second-order valence-electron chi connectivity index (χ2n) is 7.68. The van der Waals surface area contributed by atoms with Gasteiger partial charge >= 0.3 is 0 Å². The van der Waals surface area contributed by atoms with E-state index in [0.29, 0.717) is 15.7 Å². The number of aromatic nitrogens is 2. The second-order valence-corrected chi connectivity index (χ2v) is 9.63. The summed E-state index contributed by atoms with van der Waals surface area (Å²) in [6.07, 6.45) is 7.46. The Morgan fingerprint density at radius 2 is 1.56 bits per heavy atom. The number of benzene rings is 2. The molecule has 1 aliphatic carbocycles. The fraction of sp³-hybridized carbons (Fsp3) is 0.409. The molecule has 0 N–H and O–H groups in total. The summed E-state index contributed by atoms with van der Waals surface area (Å²) in [7, 11) is -1.49. The lowest BCUT2D eigenvalue weighted by atomic mass is 10.00. The normalized spacial score (nSPS) is 16.5. The van der Waals surface area contributed by atoms with Crippen LogP contribution < -0.4 is 0 Å². The molecule has 1 saturated carbocycles. The topological polar surface area (TPSA) is 52.0 Å². The Kier molecular flexibility index (Phi) is 4.81. The Labute approximate surface area is 161 Å². The van der Waals surface area contributed by atoms with Gasteiger partial charge in [-0.1, -0.05) is 43.4 Å². The summed E-state index contributed by atoms with van der Waals surface area (Å²) in [5.41, 5.74) is 2.81. The van der Waals surface area contributed by atoms with Crippen LogP contribution in [-0.2, 0) is 16.9 Å². The first-order valence-corrected chi connectivity index (χ1v) is 11.2. The maximum atomic E-state index is 13.0. The van der Waals surface area contributed by atoms with E-state index < -0.39 is 9.84 Å². The van der Waals surface area contributed by atoms with Crippen LogP contribution in [0.15, 0.2) is 52.3 Å². The highest BCUT2D eigenvalue weighted by molar-refractivity contribution is 7.91. The van der Waals surface area contributed by atoms with Crippen LogP contribution in [0.4, 0.5) is 0 Å². The summed E-state index contributed by atoms with van der Waals surface area (Å²) >= 11 is 0. The lowest BCUT2D eigenvalue weighted by Crippen LogP contribution is -2.05. The molecule has 0 spiro atoms. The average molecular weight is 383 g/mol. The minimum Gasteiger partial charge on any atom is -0.331 e. The van der Waals surface area contributed by atoms with Crippen molar-refractivity contribution in [3.63, 3.8) is 0 Å². The molecule has 5 heteroatoms. The number of imidazole rings is 1. The molecular formula is C22H26N2O2S. The van der Waals surface area contributed by atoms with Crippen LogP contribution in [0, 0.1) is 6.92 Å². The summed E-state index contributed by atoms with van der Waals surface area (Å²) in [4.78, 5) is 5.49. The van der Waals surface area contributed by atoms with Gasteiger partial charge in [0.15, 0.2) is 0 Å². The lowest BCUT2D eigenvalue weighted by Gasteiger charge is -2.13. The number of fused-ring (bicyclic) bond motifs is 1. The van der Waals surface area contributed by atoms with E-state index in [4.69, 9.17) is 4.98 Å². The maximum absolute atomic E-state index is 13.0. The highest BCUT2D eigenvalue weighted by Gasteiger charge is 2.22. The highest BCUT2D eigenvalue weighted by atomic mass is 32.2. The Balaban J connectivity index is 1.75. The van der Waals surface area contributed by atoms with Crippen LogP contribution in [-0.4, -0.2) is 18.0 Å². The molecule has 142 valence electrons. The fourth-order valence-electron chi connectivity index (χ4n) is 4.12. The van der Waals surface area contributed by atoms with Crippen LogP contribution in [0.2, 0.25) is 0 Å². The summed E-state index contributed by atoms with van der Waals surface area (Å²) in [6.45, 7) is 1.95. The summed E-state index contributed by atoms with van der Waals surface area (Å²) in [6, 6.07) is 12.3. The van der Waals surface area contributed by atoms with Crippen LogP contribution in [0.25, 0.3) is 11.0 Å². The smallest absolute Gasteiger partial charge is 0.206 e. The van der Waals surface area contributed by atoms with Gasteiger partial charge < -0.3 is 4.57 Å². The van der Waals surface area contributed by atoms with E-state index in [-0.39, 0.29) is 0 Å². The molecule has 0 saturated heterocycles. The monoisotopic (exact) mass is 382 g/mol. The first-order chi connectivity index (χ1) is 13.0. The molecule has 1 aliphatic rings. The van der Waals surface area contributed by atoms with Gasteiger partial charge in [0.25, 0.3) is 0 Å². The zero-order valence-electron chi connectivity index (χ0n) is 16.0. The maximum Gasteiger partial charge on any atom is 0.206 e. The largest absolute Gasteiger partial charge is 0.331 e. The van der Waals surface area contributed by atoms with Crippen molar-refractivity contribution in [1.29, 1.82) is 0 Å². The van der Waals surface area contributed by atoms with Crippen molar-refractivity contribution in [3.8, 4) is 0 Å². The van der Waals surface area contributed by atoms with Crippen molar-refractivity contribution < 1.29 is 8.42 Å². The van der Waals surface area contributed by atoms with Gasteiger partial charge in [0.05, 0.1) is 20.8 Å². The Bertz CT molecular complexity index is 1060. The fourth-order valence-corrected chi connectivity index (χ4v) is 5.40. The zero-order chi connectivity index (χ0) is 19.0. The molecule has 0 radical (unpaired) electrons. The van der Waals surface area contributed by atoms with Gasteiger partial charge in [-0.2, -0.15) is 0 Å². The van der Waals surface area contributed by atoms with Crippen LogP contribution >= 0.6 is 0 Å². The second kappa shape index (κ2) is 7.12. The quantitative estimate of drug-likeness (QED) is 0.589. The molecule has 27 heavy (non-hydrogen) atoms. The number of rotatable bonds is 3.